The van der Waals surface area contributed by atoms with Crippen molar-refractivity contribution in [3.8, 4) is 0 Å². The van der Waals surface area contributed by atoms with Crippen LogP contribution in [0.3, 0.4) is 0 Å². The minimum absolute atomic E-state index is 0.412. The second-order valence-corrected chi connectivity index (χ2v) is 2.29. The highest BCUT2D eigenvalue weighted by atomic mass is 16.1. The molecule has 0 aromatic carbocycles. The van der Waals surface area contributed by atoms with Crippen molar-refractivity contribution in [3.63, 3.8) is 0 Å². The third kappa shape index (κ3) is 4.14. The number of hydrogen-bond acceptors (Lipinski definition) is 1. The van der Waals surface area contributed by atoms with Crippen molar-refractivity contribution in [1.82, 2.24) is 0 Å². The molecule has 0 rings (SSSR count). The SMILES string of the molecule is C=C(C)C=CC(=CC)C(N)=O. The number of rotatable bonds is 3. The predicted octanol–water partition coefficient (Wildman–Crippen LogP) is 1.55. The molecule has 0 aliphatic rings. The first-order chi connectivity index (χ1) is 5.07. The van der Waals surface area contributed by atoms with Gasteiger partial charge in [-0.2, -0.15) is 0 Å². The Hall–Kier alpha value is -1.31. The number of carbonyl (C=O) groups is 1. The van der Waals surface area contributed by atoms with E-state index in [0.29, 0.717) is 5.57 Å². The molecule has 0 heterocycles. The monoisotopic (exact) mass is 151 g/mol. The number of carbonyl (C=O) groups excluding carboxylic acids is 1. The minimum atomic E-state index is -0.412. The van der Waals surface area contributed by atoms with Crippen molar-refractivity contribution in [3.05, 3.63) is 36.0 Å². The zero-order valence-corrected chi connectivity index (χ0v) is 6.92. The molecule has 1 amide bonds. The molecule has 0 spiro atoms. The Morgan fingerprint density at radius 2 is 2.00 bits per heavy atom. The topological polar surface area (TPSA) is 43.1 Å². The third-order valence-electron chi connectivity index (χ3n) is 1.14. The Labute approximate surface area is 67.1 Å². The third-order valence-corrected chi connectivity index (χ3v) is 1.14. The second kappa shape index (κ2) is 4.50. The molecule has 60 valence electrons. The van der Waals surface area contributed by atoms with E-state index in [2.05, 4.69) is 6.58 Å². The summed E-state index contributed by atoms with van der Waals surface area (Å²) >= 11 is 0. The highest BCUT2D eigenvalue weighted by Gasteiger charge is 1.95. The molecule has 0 aromatic heterocycles. The van der Waals surface area contributed by atoms with Crippen LogP contribution < -0.4 is 5.73 Å². The zero-order valence-electron chi connectivity index (χ0n) is 6.92. The Bertz CT molecular complexity index is 224. The smallest absolute Gasteiger partial charge is 0.248 e. The van der Waals surface area contributed by atoms with Crippen molar-refractivity contribution < 1.29 is 4.79 Å². The molecule has 11 heavy (non-hydrogen) atoms. The van der Waals surface area contributed by atoms with Gasteiger partial charge in [0.2, 0.25) is 5.91 Å². The zero-order chi connectivity index (χ0) is 8.85. The summed E-state index contributed by atoms with van der Waals surface area (Å²) in [5, 5.41) is 0. The van der Waals surface area contributed by atoms with Crippen LogP contribution in [-0.2, 0) is 4.79 Å². The second-order valence-electron chi connectivity index (χ2n) is 2.29. The van der Waals surface area contributed by atoms with Crippen LogP contribution in [0.4, 0.5) is 0 Å². The summed E-state index contributed by atoms with van der Waals surface area (Å²) in [4.78, 5) is 10.6. The molecule has 0 aromatic rings. The summed E-state index contributed by atoms with van der Waals surface area (Å²) in [6, 6.07) is 0. The molecular formula is C9H13NO. The molecule has 0 radical (unpaired) electrons. The van der Waals surface area contributed by atoms with Crippen LogP contribution in [0.5, 0.6) is 0 Å². The lowest BCUT2D eigenvalue weighted by Crippen LogP contribution is -2.11. The number of nitrogens with two attached hydrogens (primary N) is 1. The maximum atomic E-state index is 10.6. The molecule has 0 aliphatic heterocycles. The van der Waals surface area contributed by atoms with Gasteiger partial charge < -0.3 is 5.73 Å². The van der Waals surface area contributed by atoms with Gasteiger partial charge in [-0.1, -0.05) is 24.3 Å². The van der Waals surface area contributed by atoms with E-state index in [1.54, 1.807) is 25.2 Å². The maximum absolute atomic E-state index is 10.6. The van der Waals surface area contributed by atoms with Gasteiger partial charge in [-0.25, -0.2) is 0 Å². The van der Waals surface area contributed by atoms with E-state index in [1.807, 2.05) is 6.92 Å². The summed E-state index contributed by atoms with van der Waals surface area (Å²) in [5.74, 6) is -0.412. The van der Waals surface area contributed by atoms with E-state index >= 15 is 0 Å². The van der Waals surface area contributed by atoms with Crippen LogP contribution >= 0.6 is 0 Å². The predicted molar refractivity (Wildman–Crippen MR) is 46.9 cm³/mol. The quantitative estimate of drug-likeness (QED) is 0.482. The van der Waals surface area contributed by atoms with Crippen LogP contribution in [0, 0.1) is 0 Å². The number of amides is 1. The van der Waals surface area contributed by atoms with Gasteiger partial charge in [0.15, 0.2) is 0 Å². The van der Waals surface area contributed by atoms with Gasteiger partial charge in [0, 0.05) is 5.57 Å². The summed E-state index contributed by atoms with van der Waals surface area (Å²) < 4.78 is 0. The molecule has 0 aliphatic carbocycles. The first kappa shape index (κ1) is 9.69. The summed E-state index contributed by atoms with van der Waals surface area (Å²) in [6.07, 6.45) is 5.08. The van der Waals surface area contributed by atoms with Crippen LogP contribution in [0.15, 0.2) is 36.0 Å². The molecule has 0 fully saturated rings. The normalized spacial score (nSPS) is 12.0. The Balaban J connectivity index is 4.34. The van der Waals surface area contributed by atoms with Crippen molar-refractivity contribution in [2.75, 3.05) is 0 Å². The molecule has 0 bridgehead atoms. The fourth-order valence-electron chi connectivity index (χ4n) is 0.553. The van der Waals surface area contributed by atoms with Crippen molar-refractivity contribution in [1.29, 1.82) is 0 Å². The average Bonchev–Trinajstić information content (AvgIpc) is 1.87. The van der Waals surface area contributed by atoms with Gasteiger partial charge in [0.25, 0.3) is 0 Å². The first-order valence-corrected chi connectivity index (χ1v) is 3.37. The van der Waals surface area contributed by atoms with Gasteiger partial charge >= 0.3 is 0 Å². The molecule has 0 saturated carbocycles. The van der Waals surface area contributed by atoms with E-state index < -0.39 is 5.91 Å². The Morgan fingerprint density at radius 3 is 2.27 bits per heavy atom. The molecule has 2 nitrogen and oxygen atoms in total. The molecule has 2 heteroatoms. The Kier molecular flexibility index (Phi) is 3.96. The van der Waals surface area contributed by atoms with E-state index in [0.717, 1.165) is 5.57 Å². The highest BCUT2D eigenvalue weighted by molar-refractivity contribution is 5.94. The van der Waals surface area contributed by atoms with Crippen molar-refractivity contribution in [2.24, 2.45) is 5.73 Å². The van der Waals surface area contributed by atoms with E-state index in [1.165, 1.54) is 0 Å². The van der Waals surface area contributed by atoms with Gasteiger partial charge in [-0.05, 0) is 19.9 Å². The highest BCUT2D eigenvalue weighted by Crippen LogP contribution is 1.98. The van der Waals surface area contributed by atoms with Gasteiger partial charge in [-0.15, -0.1) is 0 Å². The van der Waals surface area contributed by atoms with Gasteiger partial charge in [-0.3, -0.25) is 4.79 Å². The standard InChI is InChI=1S/C9H13NO/c1-4-8(9(10)11)6-5-7(2)3/h4-6H,2H2,1,3H3,(H2,10,11). The molecule has 0 saturated heterocycles. The van der Waals surface area contributed by atoms with E-state index in [9.17, 15) is 4.79 Å². The molecule has 0 unspecified atom stereocenters. The fourth-order valence-corrected chi connectivity index (χ4v) is 0.553. The number of allylic oxidation sites excluding steroid dienone is 3. The van der Waals surface area contributed by atoms with E-state index in [-0.39, 0.29) is 0 Å². The van der Waals surface area contributed by atoms with Crippen molar-refractivity contribution in [2.45, 2.75) is 13.8 Å². The molecule has 2 N–H and O–H groups in total. The summed E-state index contributed by atoms with van der Waals surface area (Å²) in [6.45, 7) is 7.27. The maximum Gasteiger partial charge on any atom is 0.248 e. The van der Waals surface area contributed by atoms with Crippen molar-refractivity contribution >= 4 is 5.91 Å². The summed E-state index contributed by atoms with van der Waals surface area (Å²) in [7, 11) is 0. The first-order valence-electron chi connectivity index (χ1n) is 3.37. The minimum Gasteiger partial charge on any atom is -0.366 e. The molecular weight excluding hydrogens is 138 g/mol. The van der Waals surface area contributed by atoms with Crippen LogP contribution in [0.25, 0.3) is 0 Å². The lowest BCUT2D eigenvalue weighted by Gasteiger charge is -1.92. The van der Waals surface area contributed by atoms with Crippen LogP contribution in [-0.4, -0.2) is 5.91 Å². The lowest BCUT2D eigenvalue weighted by molar-refractivity contribution is -0.114. The van der Waals surface area contributed by atoms with Crippen LogP contribution in [0.1, 0.15) is 13.8 Å². The largest absolute Gasteiger partial charge is 0.366 e. The fraction of sp³-hybridized carbons (Fsp3) is 0.222. The lowest BCUT2D eigenvalue weighted by atomic mass is 10.2. The van der Waals surface area contributed by atoms with E-state index in [4.69, 9.17) is 5.73 Å². The van der Waals surface area contributed by atoms with Gasteiger partial charge in [0.1, 0.15) is 0 Å². The Morgan fingerprint density at radius 1 is 1.45 bits per heavy atom. The average molecular weight is 151 g/mol. The number of hydrogen-bond donors (Lipinski definition) is 1. The molecule has 0 atom stereocenters. The van der Waals surface area contributed by atoms with Crippen LogP contribution in [0.2, 0.25) is 0 Å². The summed E-state index contributed by atoms with van der Waals surface area (Å²) in [5.41, 5.74) is 6.45. The van der Waals surface area contributed by atoms with Gasteiger partial charge in [0.05, 0.1) is 0 Å². The number of primary amides is 1.